The minimum absolute atomic E-state index is 0.279. The van der Waals surface area contributed by atoms with Crippen molar-refractivity contribution in [1.29, 1.82) is 0 Å². The lowest BCUT2D eigenvalue weighted by Crippen LogP contribution is -2.32. The number of rotatable bonds is 5. The third-order valence-corrected chi connectivity index (χ3v) is 4.14. The van der Waals surface area contributed by atoms with Crippen LogP contribution in [-0.4, -0.2) is 24.0 Å². The van der Waals surface area contributed by atoms with Crippen molar-refractivity contribution in [3.63, 3.8) is 0 Å². The van der Waals surface area contributed by atoms with Crippen molar-refractivity contribution in [3.05, 3.63) is 95.3 Å². The summed E-state index contributed by atoms with van der Waals surface area (Å²) in [5, 5.41) is 6.04. The summed E-state index contributed by atoms with van der Waals surface area (Å²) in [7, 11) is 0. The van der Waals surface area contributed by atoms with E-state index in [1.54, 1.807) is 36.4 Å². The number of halogens is 1. The number of esters is 1. The molecule has 0 unspecified atom stereocenters. The molecule has 0 bridgehead atoms. The fraction of sp³-hybridized carbons (Fsp3) is 0.0435. The SMILES string of the molecule is Cc1ccccc1C(=O)Oc1ccc(C=NNC(=O)C(=O)Nc2ccc(F)cc2)cc1. The Morgan fingerprint density at radius 2 is 1.58 bits per heavy atom. The van der Waals surface area contributed by atoms with Gasteiger partial charge in [0.25, 0.3) is 0 Å². The quantitative estimate of drug-likeness (QED) is 0.218. The molecule has 0 aliphatic heterocycles. The largest absolute Gasteiger partial charge is 0.423 e. The summed E-state index contributed by atoms with van der Waals surface area (Å²) in [6.45, 7) is 1.82. The van der Waals surface area contributed by atoms with E-state index in [0.29, 0.717) is 16.9 Å². The molecule has 0 aliphatic rings. The molecule has 0 aromatic heterocycles. The van der Waals surface area contributed by atoms with Gasteiger partial charge in [0.2, 0.25) is 0 Å². The van der Waals surface area contributed by atoms with Crippen LogP contribution in [-0.2, 0) is 9.59 Å². The van der Waals surface area contributed by atoms with Gasteiger partial charge in [0.15, 0.2) is 0 Å². The Kier molecular flexibility index (Phi) is 6.85. The number of hydrogen-bond acceptors (Lipinski definition) is 5. The van der Waals surface area contributed by atoms with Gasteiger partial charge in [-0.05, 0) is 72.6 Å². The summed E-state index contributed by atoms with van der Waals surface area (Å²) in [5.41, 5.74) is 4.28. The number of nitrogens with one attached hydrogen (secondary N) is 2. The predicted octanol–water partition coefficient (Wildman–Crippen LogP) is 3.44. The van der Waals surface area contributed by atoms with Crippen molar-refractivity contribution in [2.75, 3.05) is 5.32 Å². The van der Waals surface area contributed by atoms with E-state index in [-0.39, 0.29) is 5.69 Å². The molecule has 3 aromatic carbocycles. The highest BCUT2D eigenvalue weighted by atomic mass is 19.1. The van der Waals surface area contributed by atoms with E-state index in [0.717, 1.165) is 17.7 Å². The van der Waals surface area contributed by atoms with E-state index in [1.165, 1.54) is 18.3 Å². The molecule has 7 nitrogen and oxygen atoms in total. The first-order valence-corrected chi connectivity index (χ1v) is 9.20. The lowest BCUT2D eigenvalue weighted by Gasteiger charge is -2.06. The lowest BCUT2D eigenvalue weighted by molar-refractivity contribution is -0.136. The molecule has 0 saturated heterocycles. The molecule has 8 heteroatoms. The first-order valence-electron chi connectivity index (χ1n) is 9.20. The monoisotopic (exact) mass is 419 g/mol. The fourth-order valence-electron chi connectivity index (χ4n) is 2.52. The van der Waals surface area contributed by atoms with Crippen LogP contribution in [0.2, 0.25) is 0 Å². The normalized spacial score (nSPS) is 10.5. The Balaban J connectivity index is 1.51. The molecule has 0 aliphatic carbocycles. The van der Waals surface area contributed by atoms with Crippen molar-refractivity contribution in [3.8, 4) is 5.75 Å². The zero-order valence-corrected chi connectivity index (χ0v) is 16.5. The number of nitrogens with zero attached hydrogens (tertiary/aromatic N) is 1. The molecule has 3 rings (SSSR count). The Morgan fingerprint density at radius 3 is 2.26 bits per heavy atom. The zero-order chi connectivity index (χ0) is 22.2. The van der Waals surface area contributed by atoms with Crippen molar-refractivity contribution >= 4 is 29.7 Å². The Bertz CT molecular complexity index is 1130. The van der Waals surface area contributed by atoms with E-state index in [4.69, 9.17) is 4.74 Å². The zero-order valence-electron chi connectivity index (χ0n) is 16.5. The number of carbonyl (C=O) groups is 3. The smallest absolute Gasteiger partial charge is 0.343 e. The fourth-order valence-corrected chi connectivity index (χ4v) is 2.52. The number of hydrogen-bond donors (Lipinski definition) is 2. The van der Waals surface area contributed by atoms with Crippen molar-refractivity contribution in [1.82, 2.24) is 5.43 Å². The molecular formula is C23H18FN3O4. The Morgan fingerprint density at radius 1 is 0.903 bits per heavy atom. The van der Waals surface area contributed by atoms with Crippen molar-refractivity contribution < 1.29 is 23.5 Å². The maximum Gasteiger partial charge on any atom is 0.343 e. The number of benzene rings is 3. The van der Waals surface area contributed by atoms with Gasteiger partial charge >= 0.3 is 17.8 Å². The second-order valence-electron chi connectivity index (χ2n) is 6.43. The maximum absolute atomic E-state index is 12.9. The summed E-state index contributed by atoms with van der Waals surface area (Å²) >= 11 is 0. The molecule has 2 N–H and O–H groups in total. The third kappa shape index (κ3) is 6.07. The average Bonchev–Trinajstić information content (AvgIpc) is 2.76. The molecule has 0 saturated carbocycles. The van der Waals surface area contributed by atoms with Gasteiger partial charge in [-0.3, -0.25) is 9.59 Å². The van der Waals surface area contributed by atoms with E-state index in [9.17, 15) is 18.8 Å². The molecule has 31 heavy (non-hydrogen) atoms. The number of ether oxygens (including phenoxy) is 1. The molecule has 0 heterocycles. The summed E-state index contributed by atoms with van der Waals surface area (Å²) in [6, 6.07) is 18.5. The number of hydrazone groups is 1. The number of aryl methyl sites for hydroxylation is 1. The molecule has 0 spiro atoms. The standard InChI is InChI=1S/C23H18FN3O4/c1-15-4-2-3-5-20(15)23(30)31-19-12-6-16(7-13-19)14-25-27-22(29)21(28)26-18-10-8-17(24)9-11-18/h2-14H,1H3,(H,26,28)(H,27,29). The Hall–Kier alpha value is -4.33. The summed E-state index contributed by atoms with van der Waals surface area (Å²) < 4.78 is 18.2. The average molecular weight is 419 g/mol. The molecular weight excluding hydrogens is 401 g/mol. The number of carbonyl (C=O) groups excluding carboxylic acids is 3. The maximum atomic E-state index is 12.9. The molecule has 156 valence electrons. The van der Waals surface area contributed by atoms with Crippen LogP contribution in [0.1, 0.15) is 21.5 Å². The van der Waals surface area contributed by atoms with Crippen LogP contribution in [0.5, 0.6) is 5.75 Å². The van der Waals surface area contributed by atoms with Gasteiger partial charge in [0.05, 0.1) is 11.8 Å². The molecule has 2 amide bonds. The minimum atomic E-state index is -0.982. The second kappa shape index (κ2) is 9.93. The summed E-state index contributed by atoms with van der Waals surface area (Å²) in [4.78, 5) is 35.8. The highest BCUT2D eigenvalue weighted by Gasteiger charge is 2.13. The molecule has 0 atom stereocenters. The summed E-state index contributed by atoms with van der Waals surface area (Å²) in [6.07, 6.45) is 1.33. The van der Waals surface area contributed by atoms with E-state index in [1.807, 2.05) is 19.1 Å². The van der Waals surface area contributed by atoms with Gasteiger partial charge in [-0.25, -0.2) is 14.6 Å². The van der Waals surface area contributed by atoms with Crippen LogP contribution in [0.3, 0.4) is 0 Å². The van der Waals surface area contributed by atoms with E-state index < -0.39 is 23.6 Å². The first kappa shape index (κ1) is 21.4. The van der Waals surface area contributed by atoms with Crippen molar-refractivity contribution in [2.45, 2.75) is 6.92 Å². The van der Waals surface area contributed by atoms with Crippen LogP contribution in [0.25, 0.3) is 0 Å². The van der Waals surface area contributed by atoms with Gasteiger partial charge in [-0.2, -0.15) is 5.10 Å². The minimum Gasteiger partial charge on any atom is -0.423 e. The van der Waals surface area contributed by atoms with Gasteiger partial charge in [-0.15, -0.1) is 0 Å². The summed E-state index contributed by atoms with van der Waals surface area (Å²) in [5.74, 6) is -2.48. The second-order valence-corrected chi connectivity index (χ2v) is 6.43. The Labute approximate surface area is 177 Å². The van der Waals surface area contributed by atoms with Crippen LogP contribution < -0.4 is 15.5 Å². The molecule has 0 fully saturated rings. The topological polar surface area (TPSA) is 96.9 Å². The number of amides is 2. The molecule has 0 radical (unpaired) electrons. The van der Waals surface area contributed by atoms with Crippen LogP contribution in [0.4, 0.5) is 10.1 Å². The highest BCUT2D eigenvalue weighted by molar-refractivity contribution is 6.39. The van der Waals surface area contributed by atoms with Crippen molar-refractivity contribution in [2.24, 2.45) is 5.10 Å². The van der Waals surface area contributed by atoms with E-state index in [2.05, 4.69) is 15.8 Å². The van der Waals surface area contributed by atoms with E-state index >= 15 is 0 Å². The van der Waals surface area contributed by atoms with Crippen LogP contribution >= 0.6 is 0 Å². The highest BCUT2D eigenvalue weighted by Crippen LogP contribution is 2.15. The first-order chi connectivity index (χ1) is 14.9. The van der Waals surface area contributed by atoms with Gasteiger partial charge in [0, 0.05) is 5.69 Å². The number of anilines is 1. The lowest BCUT2D eigenvalue weighted by atomic mass is 10.1. The van der Waals surface area contributed by atoms with Crippen LogP contribution in [0.15, 0.2) is 77.9 Å². The third-order valence-electron chi connectivity index (χ3n) is 4.14. The van der Waals surface area contributed by atoms with Gasteiger partial charge in [0.1, 0.15) is 11.6 Å². The van der Waals surface area contributed by atoms with Gasteiger partial charge < -0.3 is 10.1 Å². The van der Waals surface area contributed by atoms with Gasteiger partial charge in [-0.1, -0.05) is 18.2 Å². The molecule has 3 aromatic rings. The predicted molar refractivity (Wildman–Crippen MR) is 113 cm³/mol. The van der Waals surface area contributed by atoms with Crippen LogP contribution in [0, 0.1) is 12.7 Å².